The van der Waals surface area contributed by atoms with E-state index in [1.54, 1.807) is 6.92 Å². The summed E-state index contributed by atoms with van der Waals surface area (Å²) in [5.74, 6) is 0.419. The SMILES string of the molecule is CN(CC1CCOC1)CC(C)(O)c1cccc(C(F)(F)F)c1. The van der Waals surface area contributed by atoms with E-state index in [2.05, 4.69) is 0 Å². The Morgan fingerprint density at radius 2 is 2.00 bits per heavy atom. The first kappa shape index (κ1) is 17.2. The minimum absolute atomic E-state index is 0.269. The first-order chi connectivity index (χ1) is 10.2. The second kappa shape index (κ2) is 6.56. The predicted molar refractivity (Wildman–Crippen MR) is 77.4 cm³/mol. The Balaban J connectivity index is 2.05. The summed E-state index contributed by atoms with van der Waals surface area (Å²) in [5, 5.41) is 10.6. The number of benzene rings is 1. The van der Waals surface area contributed by atoms with Gasteiger partial charge in [0.15, 0.2) is 0 Å². The summed E-state index contributed by atoms with van der Waals surface area (Å²) in [6.07, 6.45) is -3.42. The van der Waals surface area contributed by atoms with Gasteiger partial charge >= 0.3 is 6.18 Å². The molecule has 1 fully saturated rings. The first-order valence-electron chi connectivity index (χ1n) is 7.35. The number of rotatable bonds is 5. The molecule has 1 aromatic carbocycles. The summed E-state index contributed by atoms with van der Waals surface area (Å²) in [4.78, 5) is 1.94. The Hall–Kier alpha value is -1.11. The highest BCUT2D eigenvalue weighted by Gasteiger charge is 2.33. The normalized spacial score (nSPS) is 22.0. The van der Waals surface area contributed by atoms with Crippen LogP contribution in [0.25, 0.3) is 0 Å². The van der Waals surface area contributed by atoms with Crippen LogP contribution in [0.4, 0.5) is 13.2 Å². The average molecular weight is 317 g/mol. The second-order valence-electron chi connectivity index (χ2n) is 6.28. The van der Waals surface area contributed by atoms with E-state index < -0.39 is 17.3 Å². The van der Waals surface area contributed by atoms with Gasteiger partial charge in [-0.3, -0.25) is 0 Å². The molecule has 1 aliphatic rings. The van der Waals surface area contributed by atoms with Crippen LogP contribution >= 0.6 is 0 Å². The van der Waals surface area contributed by atoms with E-state index in [0.717, 1.165) is 31.7 Å². The van der Waals surface area contributed by atoms with Gasteiger partial charge in [-0.2, -0.15) is 13.2 Å². The maximum absolute atomic E-state index is 12.8. The zero-order valence-electron chi connectivity index (χ0n) is 12.9. The average Bonchev–Trinajstić information content (AvgIpc) is 2.90. The molecule has 3 nitrogen and oxygen atoms in total. The van der Waals surface area contributed by atoms with E-state index in [1.165, 1.54) is 12.1 Å². The molecule has 2 unspecified atom stereocenters. The van der Waals surface area contributed by atoms with Gasteiger partial charge in [0.2, 0.25) is 0 Å². The highest BCUT2D eigenvalue weighted by molar-refractivity contribution is 5.29. The van der Waals surface area contributed by atoms with Crippen LogP contribution in [0.1, 0.15) is 24.5 Å². The van der Waals surface area contributed by atoms with Gasteiger partial charge < -0.3 is 14.7 Å². The van der Waals surface area contributed by atoms with Gasteiger partial charge in [0, 0.05) is 19.7 Å². The largest absolute Gasteiger partial charge is 0.416 e. The van der Waals surface area contributed by atoms with Crippen LogP contribution < -0.4 is 0 Å². The molecular formula is C16H22F3NO2. The molecule has 1 aromatic rings. The highest BCUT2D eigenvalue weighted by atomic mass is 19.4. The van der Waals surface area contributed by atoms with Crippen molar-refractivity contribution in [3.8, 4) is 0 Å². The van der Waals surface area contributed by atoms with Crippen LogP contribution in [0.5, 0.6) is 0 Å². The molecular weight excluding hydrogens is 295 g/mol. The Labute approximate surface area is 128 Å². The summed E-state index contributed by atoms with van der Waals surface area (Å²) in [5.41, 5.74) is -1.80. The lowest BCUT2D eigenvalue weighted by atomic mass is 9.93. The van der Waals surface area contributed by atoms with Crippen LogP contribution in [-0.2, 0) is 16.5 Å². The predicted octanol–water partition coefficient (Wildman–Crippen LogP) is 2.88. The number of nitrogens with zero attached hydrogens (tertiary/aromatic N) is 1. The molecule has 0 amide bonds. The number of hydrogen-bond donors (Lipinski definition) is 1. The monoisotopic (exact) mass is 317 g/mol. The molecule has 0 bridgehead atoms. The van der Waals surface area contributed by atoms with Crippen LogP contribution in [-0.4, -0.2) is 43.4 Å². The smallest absolute Gasteiger partial charge is 0.384 e. The minimum Gasteiger partial charge on any atom is -0.384 e. The van der Waals surface area contributed by atoms with Gasteiger partial charge in [0.1, 0.15) is 0 Å². The fourth-order valence-corrected chi connectivity index (χ4v) is 2.88. The molecule has 0 spiro atoms. The lowest BCUT2D eigenvalue weighted by Crippen LogP contribution is -2.39. The number of likely N-dealkylation sites (N-methyl/N-ethyl adjacent to an activating group) is 1. The summed E-state index contributed by atoms with van der Waals surface area (Å²) in [6, 6.07) is 4.89. The van der Waals surface area contributed by atoms with Crippen LogP contribution in [0.3, 0.4) is 0 Å². The number of halogens is 3. The zero-order valence-corrected chi connectivity index (χ0v) is 12.9. The Morgan fingerprint density at radius 3 is 2.59 bits per heavy atom. The molecule has 0 aliphatic carbocycles. The van der Waals surface area contributed by atoms with E-state index in [4.69, 9.17) is 4.74 Å². The van der Waals surface area contributed by atoms with Gasteiger partial charge in [-0.05, 0) is 44.0 Å². The molecule has 1 saturated heterocycles. The van der Waals surface area contributed by atoms with E-state index in [-0.39, 0.29) is 12.1 Å². The lowest BCUT2D eigenvalue weighted by molar-refractivity contribution is -0.137. The van der Waals surface area contributed by atoms with Crippen LogP contribution in [0, 0.1) is 5.92 Å². The molecule has 1 heterocycles. The maximum Gasteiger partial charge on any atom is 0.416 e. The van der Waals surface area contributed by atoms with Crippen molar-refractivity contribution in [1.29, 1.82) is 0 Å². The van der Waals surface area contributed by atoms with Gasteiger partial charge in [0.25, 0.3) is 0 Å². The van der Waals surface area contributed by atoms with Crippen molar-refractivity contribution in [3.05, 3.63) is 35.4 Å². The van der Waals surface area contributed by atoms with Gasteiger partial charge in [-0.1, -0.05) is 12.1 Å². The zero-order chi connectivity index (χ0) is 16.4. The molecule has 2 atom stereocenters. The Bertz CT molecular complexity index is 496. The van der Waals surface area contributed by atoms with Crippen molar-refractivity contribution in [3.63, 3.8) is 0 Å². The molecule has 0 aromatic heterocycles. The third kappa shape index (κ3) is 4.44. The maximum atomic E-state index is 12.8. The number of alkyl halides is 3. The summed E-state index contributed by atoms with van der Waals surface area (Å²) < 4.78 is 43.7. The standard InChI is InChI=1S/C16H22F3NO2/c1-15(21,11-20(2)9-12-6-7-22-10-12)13-4-3-5-14(8-13)16(17,18)19/h3-5,8,12,21H,6-7,9-11H2,1-2H3. The van der Waals surface area contributed by atoms with Crippen molar-refractivity contribution in [2.75, 3.05) is 33.4 Å². The van der Waals surface area contributed by atoms with Crippen molar-refractivity contribution < 1.29 is 23.0 Å². The molecule has 2 rings (SSSR count). The fraction of sp³-hybridized carbons (Fsp3) is 0.625. The van der Waals surface area contributed by atoms with Crippen molar-refractivity contribution in [2.45, 2.75) is 25.1 Å². The lowest BCUT2D eigenvalue weighted by Gasteiger charge is -2.31. The fourth-order valence-electron chi connectivity index (χ4n) is 2.88. The minimum atomic E-state index is -4.40. The number of hydrogen-bond acceptors (Lipinski definition) is 3. The van der Waals surface area contributed by atoms with Crippen molar-refractivity contribution in [2.24, 2.45) is 5.92 Å². The quantitative estimate of drug-likeness (QED) is 0.906. The number of aliphatic hydroxyl groups is 1. The van der Waals surface area contributed by atoms with E-state index in [1.807, 2.05) is 11.9 Å². The Kier molecular flexibility index (Phi) is 5.14. The summed E-state index contributed by atoms with van der Waals surface area (Å²) in [7, 11) is 1.86. The molecule has 1 N–H and O–H groups in total. The topological polar surface area (TPSA) is 32.7 Å². The Morgan fingerprint density at radius 1 is 1.32 bits per heavy atom. The molecule has 1 aliphatic heterocycles. The molecule has 124 valence electrons. The summed E-state index contributed by atoms with van der Waals surface area (Å²) in [6.45, 7) is 4.03. The summed E-state index contributed by atoms with van der Waals surface area (Å²) >= 11 is 0. The van der Waals surface area contributed by atoms with Gasteiger partial charge in [-0.15, -0.1) is 0 Å². The van der Waals surface area contributed by atoms with Crippen LogP contribution in [0.2, 0.25) is 0 Å². The van der Waals surface area contributed by atoms with Crippen LogP contribution in [0.15, 0.2) is 24.3 Å². The molecule has 0 saturated carbocycles. The molecule has 6 heteroatoms. The molecule has 22 heavy (non-hydrogen) atoms. The van der Waals surface area contributed by atoms with Gasteiger partial charge in [-0.25, -0.2) is 0 Å². The highest BCUT2D eigenvalue weighted by Crippen LogP contribution is 2.32. The first-order valence-corrected chi connectivity index (χ1v) is 7.35. The van der Waals surface area contributed by atoms with Crippen molar-refractivity contribution in [1.82, 2.24) is 4.90 Å². The van der Waals surface area contributed by atoms with E-state index >= 15 is 0 Å². The van der Waals surface area contributed by atoms with Gasteiger partial charge in [0.05, 0.1) is 17.8 Å². The van der Waals surface area contributed by atoms with E-state index in [9.17, 15) is 18.3 Å². The second-order valence-corrected chi connectivity index (χ2v) is 6.28. The molecule has 0 radical (unpaired) electrons. The third-order valence-corrected chi connectivity index (χ3v) is 3.98. The van der Waals surface area contributed by atoms with Crippen molar-refractivity contribution >= 4 is 0 Å². The number of ether oxygens (including phenoxy) is 1. The van der Waals surface area contributed by atoms with E-state index in [0.29, 0.717) is 12.5 Å². The third-order valence-electron chi connectivity index (χ3n) is 3.98.